The molecule has 2 aromatic rings. The molecule has 0 saturated carbocycles. The molecular weight excluding hydrogens is 305 g/mol. The monoisotopic (exact) mass is 313 g/mol. The minimum Gasteiger partial charge on any atom is -0.508 e. The highest BCUT2D eigenvalue weighted by Gasteiger charge is 2.28. The van der Waals surface area contributed by atoms with Crippen LogP contribution in [0, 0.1) is 0 Å². The molecule has 1 heterocycles. The van der Waals surface area contributed by atoms with Gasteiger partial charge in [0.15, 0.2) is 0 Å². The first-order valence-corrected chi connectivity index (χ1v) is 6.91. The predicted molar refractivity (Wildman–Crippen MR) is 79.9 cm³/mol. The van der Waals surface area contributed by atoms with Crippen molar-refractivity contribution in [2.75, 3.05) is 11.9 Å². The molecule has 0 spiro atoms. The van der Waals surface area contributed by atoms with E-state index in [1.165, 1.54) is 0 Å². The Labute approximate surface area is 125 Å². The van der Waals surface area contributed by atoms with E-state index < -0.39 is 0 Å². The molecule has 0 radical (unpaired) electrons. The van der Waals surface area contributed by atoms with E-state index in [0.717, 1.165) is 16.8 Å². The fourth-order valence-electron chi connectivity index (χ4n) is 2.47. The lowest BCUT2D eigenvalue weighted by Crippen LogP contribution is -2.04. The lowest BCUT2D eigenvalue weighted by molar-refractivity contribution is 0.466. The fourth-order valence-corrected chi connectivity index (χ4v) is 3.27. The van der Waals surface area contributed by atoms with Gasteiger partial charge in [0, 0.05) is 44.3 Å². The van der Waals surface area contributed by atoms with Crippen molar-refractivity contribution in [1.82, 2.24) is 0 Å². The van der Waals surface area contributed by atoms with Crippen molar-refractivity contribution in [3.05, 3.63) is 56.5 Å². The summed E-state index contributed by atoms with van der Waals surface area (Å²) in [5, 5.41) is 15.0. The lowest BCUT2D eigenvalue weighted by Gasteiger charge is -2.14. The summed E-state index contributed by atoms with van der Waals surface area (Å²) in [4.78, 5) is 0. The second kappa shape index (κ2) is 4.78. The van der Waals surface area contributed by atoms with E-state index in [9.17, 15) is 5.11 Å². The molecule has 0 bridgehead atoms. The SMILES string of the molecule is Oc1ccc(Cl)cc1C1CNc2cc(Cl)cc(Cl)c21. The van der Waals surface area contributed by atoms with E-state index in [-0.39, 0.29) is 11.7 Å². The Hall–Kier alpha value is -1.09. The number of aromatic hydroxyl groups is 1. The largest absolute Gasteiger partial charge is 0.508 e. The van der Waals surface area contributed by atoms with Crippen LogP contribution in [0.3, 0.4) is 0 Å². The summed E-state index contributed by atoms with van der Waals surface area (Å²) < 4.78 is 0. The van der Waals surface area contributed by atoms with Crippen LogP contribution in [0.4, 0.5) is 5.69 Å². The quantitative estimate of drug-likeness (QED) is 0.784. The van der Waals surface area contributed by atoms with E-state index in [4.69, 9.17) is 34.8 Å². The molecule has 0 amide bonds. The van der Waals surface area contributed by atoms with Gasteiger partial charge >= 0.3 is 0 Å². The van der Waals surface area contributed by atoms with Gasteiger partial charge in [0.05, 0.1) is 0 Å². The van der Waals surface area contributed by atoms with Gasteiger partial charge in [-0.2, -0.15) is 0 Å². The Morgan fingerprint density at radius 2 is 1.84 bits per heavy atom. The predicted octanol–water partition coefficient (Wildman–Crippen LogP) is 4.91. The number of anilines is 1. The Morgan fingerprint density at radius 1 is 1.05 bits per heavy atom. The summed E-state index contributed by atoms with van der Waals surface area (Å²) in [6.07, 6.45) is 0. The number of rotatable bonds is 1. The minimum absolute atomic E-state index is 0.0292. The minimum atomic E-state index is -0.0292. The molecule has 0 aromatic heterocycles. The number of hydrogen-bond acceptors (Lipinski definition) is 2. The Bertz CT molecular complexity index is 657. The highest BCUT2D eigenvalue weighted by molar-refractivity contribution is 6.36. The number of nitrogens with one attached hydrogen (secondary N) is 1. The first-order valence-electron chi connectivity index (χ1n) is 5.77. The number of phenols is 1. The maximum absolute atomic E-state index is 10.0. The van der Waals surface area contributed by atoms with Crippen molar-refractivity contribution in [1.29, 1.82) is 0 Å². The molecule has 0 fully saturated rings. The lowest BCUT2D eigenvalue weighted by atomic mass is 9.92. The number of hydrogen-bond donors (Lipinski definition) is 2. The normalized spacial score (nSPS) is 17.1. The molecule has 5 heteroatoms. The van der Waals surface area contributed by atoms with E-state index in [1.807, 2.05) is 6.07 Å². The molecule has 1 atom stereocenters. The molecule has 1 aliphatic rings. The highest BCUT2D eigenvalue weighted by Crippen LogP contribution is 2.44. The number of halogens is 3. The van der Waals surface area contributed by atoms with E-state index >= 15 is 0 Å². The number of phenolic OH excluding ortho intramolecular Hbond substituents is 1. The van der Waals surface area contributed by atoms with Crippen molar-refractivity contribution in [2.45, 2.75) is 5.92 Å². The van der Waals surface area contributed by atoms with Crippen molar-refractivity contribution < 1.29 is 5.11 Å². The third kappa shape index (κ3) is 2.25. The molecule has 3 rings (SSSR count). The zero-order valence-electron chi connectivity index (χ0n) is 9.75. The van der Waals surface area contributed by atoms with Gasteiger partial charge in [0.2, 0.25) is 0 Å². The van der Waals surface area contributed by atoms with Crippen LogP contribution in [0.25, 0.3) is 0 Å². The standard InChI is InChI=1S/C14H10Cl3NO/c15-7-1-2-13(19)9(3-7)10-6-18-12-5-8(16)4-11(17)14(10)12/h1-5,10,18-19H,6H2. The Balaban J connectivity index is 2.14. The molecule has 2 aromatic carbocycles. The summed E-state index contributed by atoms with van der Waals surface area (Å²) in [6, 6.07) is 8.57. The molecule has 0 saturated heterocycles. The zero-order valence-corrected chi connectivity index (χ0v) is 12.0. The first-order chi connectivity index (χ1) is 9.06. The molecule has 2 N–H and O–H groups in total. The van der Waals surface area contributed by atoms with E-state index in [0.29, 0.717) is 21.6 Å². The third-order valence-electron chi connectivity index (χ3n) is 3.30. The second-order valence-corrected chi connectivity index (χ2v) is 5.77. The molecule has 1 unspecified atom stereocenters. The van der Waals surface area contributed by atoms with Crippen LogP contribution in [0.1, 0.15) is 17.0 Å². The Kier molecular flexibility index (Phi) is 3.25. The van der Waals surface area contributed by atoms with Gasteiger partial charge in [0.1, 0.15) is 5.75 Å². The van der Waals surface area contributed by atoms with E-state index in [1.54, 1.807) is 24.3 Å². The molecule has 98 valence electrons. The van der Waals surface area contributed by atoms with Crippen molar-refractivity contribution in [3.63, 3.8) is 0 Å². The molecule has 1 aliphatic heterocycles. The fraction of sp³-hybridized carbons (Fsp3) is 0.143. The van der Waals surface area contributed by atoms with Gasteiger partial charge in [-0.1, -0.05) is 34.8 Å². The summed E-state index contributed by atoms with van der Waals surface area (Å²) in [7, 11) is 0. The first kappa shape index (κ1) is 12.9. The van der Waals surface area contributed by atoms with Gasteiger partial charge in [-0.25, -0.2) is 0 Å². The van der Waals surface area contributed by atoms with Crippen molar-refractivity contribution >= 4 is 40.5 Å². The molecular formula is C14H10Cl3NO. The van der Waals surface area contributed by atoms with Crippen LogP contribution in [0.5, 0.6) is 5.75 Å². The second-order valence-electron chi connectivity index (χ2n) is 4.49. The van der Waals surface area contributed by atoms with Crippen LogP contribution in [-0.4, -0.2) is 11.7 Å². The summed E-state index contributed by atoms with van der Waals surface area (Å²) in [5.41, 5.74) is 2.62. The van der Waals surface area contributed by atoms with Crippen LogP contribution < -0.4 is 5.32 Å². The van der Waals surface area contributed by atoms with Crippen molar-refractivity contribution in [3.8, 4) is 5.75 Å². The van der Waals surface area contributed by atoms with Crippen LogP contribution >= 0.6 is 34.8 Å². The highest BCUT2D eigenvalue weighted by atomic mass is 35.5. The van der Waals surface area contributed by atoms with Crippen LogP contribution in [-0.2, 0) is 0 Å². The molecule has 2 nitrogen and oxygen atoms in total. The van der Waals surface area contributed by atoms with Gasteiger partial charge in [-0.15, -0.1) is 0 Å². The maximum Gasteiger partial charge on any atom is 0.119 e. The van der Waals surface area contributed by atoms with Gasteiger partial charge < -0.3 is 10.4 Å². The van der Waals surface area contributed by atoms with Crippen LogP contribution in [0.15, 0.2) is 30.3 Å². The van der Waals surface area contributed by atoms with E-state index in [2.05, 4.69) is 5.32 Å². The third-order valence-corrected chi connectivity index (χ3v) is 4.07. The van der Waals surface area contributed by atoms with Gasteiger partial charge in [-0.3, -0.25) is 0 Å². The summed E-state index contributed by atoms with van der Waals surface area (Å²) in [6.45, 7) is 0.656. The smallest absolute Gasteiger partial charge is 0.119 e. The molecule has 19 heavy (non-hydrogen) atoms. The van der Waals surface area contributed by atoms with Crippen molar-refractivity contribution in [2.24, 2.45) is 0 Å². The summed E-state index contributed by atoms with van der Waals surface area (Å²) >= 11 is 18.3. The van der Waals surface area contributed by atoms with Gasteiger partial charge in [-0.05, 0) is 30.3 Å². The number of fused-ring (bicyclic) bond motifs is 1. The van der Waals surface area contributed by atoms with Crippen LogP contribution in [0.2, 0.25) is 15.1 Å². The zero-order chi connectivity index (χ0) is 13.6. The maximum atomic E-state index is 10.0. The number of benzene rings is 2. The summed E-state index contributed by atoms with van der Waals surface area (Å²) in [5.74, 6) is 0.188. The molecule has 0 aliphatic carbocycles. The van der Waals surface area contributed by atoms with Gasteiger partial charge in [0.25, 0.3) is 0 Å². The topological polar surface area (TPSA) is 32.3 Å². The average Bonchev–Trinajstić information content (AvgIpc) is 2.76. The Morgan fingerprint density at radius 3 is 2.63 bits per heavy atom. The average molecular weight is 315 g/mol.